The molecule has 0 radical (unpaired) electrons. The molecule has 0 atom stereocenters. The molecule has 0 bridgehead atoms. The molecule has 8 heteroatoms. The first-order valence-electron chi connectivity index (χ1n) is 10.5. The van der Waals surface area contributed by atoms with Gasteiger partial charge in [-0.25, -0.2) is 4.98 Å². The smallest absolute Gasteiger partial charge is 0.267 e. The molecule has 1 aliphatic carbocycles. The van der Waals surface area contributed by atoms with Gasteiger partial charge in [-0.3, -0.25) is 18.9 Å². The molecule has 0 unspecified atom stereocenters. The summed E-state index contributed by atoms with van der Waals surface area (Å²) in [6.07, 6.45) is 8.80. The monoisotopic (exact) mass is 442 g/mol. The van der Waals surface area contributed by atoms with Crippen LogP contribution in [0.25, 0.3) is 11.7 Å². The van der Waals surface area contributed by atoms with Crippen molar-refractivity contribution < 1.29 is 4.79 Å². The van der Waals surface area contributed by atoms with Crippen LogP contribution in [0.15, 0.2) is 34.1 Å². The van der Waals surface area contributed by atoms with E-state index < -0.39 is 0 Å². The molecule has 6 nitrogen and oxygen atoms in total. The zero-order valence-corrected chi connectivity index (χ0v) is 18.9. The van der Waals surface area contributed by atoms with E-state index in [-0.39, 0.29) is 17.5 Å². The number of hydrogen-bond donors (Lipinski definition) is 1. The molecule has 30 heavy (non-hydrogen) atoms. The van der Waals surface area contributed by atoms with Crippen molar-refractivity contribution in [3.8, 4) is 0 Å². The van der Waals surface area contributed by atoms with E-state index in [0.717, 1.165) is 25.7 Å². The fraction of sp³-hybridized carbons (Fsp3) is 0.455. The topological polar surface area (TPSA) is 66.7 Å². The van der Waals surface area contributed by atoms with E-state index in [0.29, 0.717) is 38.7 Å². The number of rotatable bonds is 5. The molecule has 2 aliphatic rings. The summed E-state index contributed by atoms with van der Waals surface area (Å²) in [5, 5.41) is 3.28. The van der Waals surface area contributed by atoms with Gasteiger partial charge < -0.3 is 5.32 Å². The number of fused-ring (bicyclic) bond motifs is 1. The number of pyridine rings is 1. The quantitative estimate of drug-likeness (QED) is 0.550. The molecule has 0 spiro atoms. The van der Waals surface area contributed by atoms with E-state index in [2.05, 4.69) is 24.1 Å². The average Bonchev–Trinajstić information content (AvgIpc) is 3.02. The number of carbonyl (C=O) groups excluding carboxylic acids is 1. The fourth-order valence-corrected chi connectivity index (χ4v) is 5.32. The van der Waals surface area contributed by atoms with Crippen LogP contribution in [0.1, 0.15) is 51.5 Å². The fourth-order valence-electron chi connectivity index (χ4n) is 3.93. The van der Waals surface area contributed by atoms with E-state index in [9.17, 15) is 9.59 Å². The molecule has 1 saturated carbocycles. The Bertz CT molecular complexity index is 1070. The summed E-state index contributed by atoms with van der Waals surface area (Å²) in [4.78, 5) is 33.3. The SMILES string of the molecule is CC(C)CNc1nc2ccccn2c(=O)c1/C=C1/SC(=S)N(C2CCCCC2)C1=O. The Balaban J connectivity index is 1.74. The van der Waals surface area contributed by atoms with Gasteiger partial charge in [0.1, 0.15) is 15.8 Å². The molecule has 1 aliphatic heterocycles. The molecule has 2 aromatic rings. The molecule has 0 aromatic carbocycles. The number of aromatic nitrogens is 2. The first kappa shape index (κ1) is 21.1. The summed E-state index contributed by atoms with van der Waals surface area (Å²) in [7, 11) is 0. The van der Waals surface area contributed by atoms with Crippen LogP contribution in [-0.4, -0.2) is 37.1 Å². The molecule has 2 aromatic heterocycles. The van der Waals surface area contributed by atoms with E-state index in [4.69, 9.17) is 12.2 Å². The molecule has 1 saturated heterocycles. The number of carbonyl (C=O) groups is 1. The predicted octanol–water partition coefficient (Wildman–Crippen LogP) is 4.30. The predicted molar refractivity (Wildman–Crippen MR) is 127 cm³/mol. The van der Waals surface area contributed by atoms with Crippen LogP contribution < -0.4 is 10.9 Å². The summed E-state index contributed by atoms with van der Waals surface area (Å²) in [6.45, 7) is 4.87. The van der Waals surface area contributed by atoms with Crippen molar-refractivity contribution in [2.24, 2.45) is 5.92 Å². The van der Waals surface area contributed by atoms with Crippen LogP contribution in [0.3, 0.4) is 0 Å². The minimum Gasteiger partial charge on any atom is -0.369 e. The van der Waals surface area contributed by atoms with Gasteiger partial charge >= 0.3 is 0 Å². The molecule has 4 rings (SSSR count). The van der Waals surface area contributed by atoms with Gasteiger partial charge in [0.2, 0.25) is 0 Å². The van der Waals surface area contributed by atoms with Crippen molar-refractivity contribution in [1.29, 1.82) is 0 Å². The average molecular weight is 443 g/mol. The number of thioether (sulfide) groups is 1. The summed E-state index contributed by atoms with van der Waals surface area (Å²) in [5.41, 5.74) is 0.763. The van der Waals surface area contributed by atoms with Crippen molar-refractivity contribution in [3.05, 3.63) is 45.2 Å². The Hall–Kier alpha value is -2.19. The summed E-state index contributed by atoms with van der Waals surface area (Å²) < 4.78 is 2.09. The lowest BCUT2D eigenvalue weighted by Crippen LogP contribution is -2.39. The summed E-state index contributed by atoms with van der Waals surface area (Å²) >= 11 is 6.82. The van der Waals surface area contributed by atoms with Crippen LogP contribution in [0.5, 0.6) is 0 Å². The maximum absolute atomic E-state index is 13.2. The second kappa shape index (κ2) is 8.89. The van der Waals surface area contributed by atoms with E-state index in [1.165, 1.54) is 22.6 Å². The van der Waals surface area contributed by atoms with Gasteiger partial charge in [-0.1, -0.05) is 63.2 Å². The molecular weight excluding hydrogens is 416 g/mol. The lowest BCUT2D eigenvalue weighted by atomic mass is 9.94. The highest BCUT2D eigenvalue weighted by atomic mass is 32.2. The van der Waals surface area contributed by atoms with Crippen LogP contribution in [0, 0.1) is 5.92 Å². The van der Waals surface area contributed by atoms with Crippen molar-refractivity contribution in [2.45, 2.75) is 52.0 Å². The second-order valence-electron chi connectivity index (χ2n) is 8.23. The van der Waals surface area contributed by atoms with Gasteiger partial charge in [-0.15, -0.1) is 0 Å². The van der Waals surface area contributed by atoms with Gasteiger partial charge in [0.05, 0.1) is 10.5 Å². The zero-order chi connectivity index (χ0) is 21.3. The van der Waals surface area contributed by atoms with Gasteiger partial charge in [0.25, 0.3) is 11.5 Å². The maximum Gasteiger partial charge on any atom is 0.267 e. The van der Waals surface area contributed by atoms with Gasteiger partial charge in [-0.2, -0.15) is 0 Å². The Morgan fingerprint density at radius 2 is 2.03 bits per heavy atom. The number of nitrogens with one attached hydrogen (secondary N) is 1. The molecule has 3 heterocycles. The molecule has 1 amide bonds. The third kappa shape index (κ3) is 4.16. The number of amides is 1. The lowest BCUT2D eigenvalue weighted by molar-refractivity contribution is -0.124. The summed E-state index contributed by atoms with van der Waals surface area (Å²) in [6, 6.07) is 5.62. The van der Waals surface area contributed by atoms with Crippen molar-refractivity contribution in [3.63, 3.8) is 0 Å². The molecular formula is C22H26N4O2S2. The Labute approximate surface area is 185 Å². The Kier molecular flexibility index (Phi) is 6.24. The Morgan fingerprint density at radius 3 is 2.77 bits per heavy atom. The van der Waals surface area contributed by atoms with Gasteiger partial charge in [0.15, 0.2) is 0 Å². The minimum absolute atomic E-state index is 0.0933. The minimum atomic E-state index is -0.199. The maximum atomic E-state index is 13.2. The van der Waals surface area contributed by atoms with Crippen molar-refractivity contribution in [1.82, 2.24) is 14.3 Å². The molecule has 158 valence electrons. The van der Waals surface area contributed by atoms with E-state index >= 15 is 0 Å². The van der Waals surface area contributed by atoms with Gasteiger partial charge in [-0.05, 0) is 37.0 Å². The number of hydrogen-bond acceptors (Lipinski definition) is 6. The molecule has 2 fully saturated rings. The highest BCUT2D eigenvalue weighted by Gasteiger charge is 2.37. The number of nitrogens with zero attached hydrogens (tertiary/aromatic N) is 3. The van der Waals surface area contributed by atoms with Crippen molar-refractivity contribution in [2.75, 3.05) is 11.9 Å². The van der Waals surface area contributed by atoms with Crippen molar-refractivity contribution >= 4 is 51.7 Å². The zero-order valence-electron chi connectivity index (χ0n) is 17.3. The van der Waals surface area contributed by atoms with Crippen LogP contribution >= 0.6 is 24.0 Å². The highest BCUT2D eigenvalue weighted by molar-refractivity contribution is 8.26. The lowest BCUT2D eigenvalue weighted by Gasteiger charge is -2.29. The largest absolute Gasteiger partial charge is 0.369 e. The summed E-state index contributed by atoms with van der Waals surface area (Å²) in [5.74, 6) is 0.797. The molecule has 1 N–H and O–H groups in total. The van der Waals surface area contributed by atoms with Gasteiger partial charge in [0, 0.05) is 18.8 Å². The number of thiocarbonyl (C=S) groups is 1. The van der Waals surface area contributed by atoms with Crippen LogP contribution in [0.4, 0.5) is 5.82 Å². The normalized spacial score (nSPS) is 19.4. The highest BCUT2D eigenvalue weighted by Crippen LogP contribution is 2.37. The first-order chi connectivity index (χ1) is 14.5. The Morgan fingerprint density at radius 1 is 1.27 bits per heavy atom. The standard InChI is InChI=1S/C22H26N4O2S2/c1-14(2)13-23-19-16(20(27)25-11-7-6-10-18(25)24-19)12-17-21(28)26(22(29)30-17)15-8-4-3-5-9-15/h6-7,10-12,14-15,23H,3-5,8-9,13H2,1-2H3/b17-12+. The van der Waals surface area contributed by atoms with Crippen LogP contribution in [-0.2, 0) is 4.79 Å². The third-order valence-corrected chi connectivity index (χ3v) is 6.82. The van der Waals surface area contributed by atoms with Crippen LogP contribution in [0.2, 0.25) is 0 Å². The van der Waals surface area contributed by atoms with E-state index in [1.807, 2.05) is 6.07 Å². The first-order valence-corrected chi connectivity index (χ1v) is 11.7. The number of anilines is 1. The third-order valence-electron chi connectivity index (χ3n) is 5.49. The second-order valence-corrected chi connectivity index (χ2v) is 9.90. The van der Waals surface area contributed by atoms with E-state index in [1.54, 1.807) is 29.3 Å².